The van der Waals surface area contributed by atoms with E-state index in [1.54, 1.807) is 12.1 Å². The number of primary amides is 1. The highest BCUT2D eigenvalue weighted by Crippen LogP contribution is 2.21. The molecule has 0 heterocycles. The summed E-state index contributed by atoms with van der Waals surface area (Å²) in [7, 11) is 0. The van der Waals surface area contributed by atoms with Crippen molar-refractivity contribution in [2.75, 3.05) is 11.4 Å². The summed E-state index contributed by atoms with van der Waals surface area (Å²) < 4.78 is 0. The monoisotopic (exact) mass is 313 g/mol. The topological polar surface area (TPSA) is 89.5 Å². The van der Waals surface area contributed by atoms with E-state index < -0.39 is 4.92 Å². The molecule has 0 spiro atoms. The standard InChI is InChI=1S/C17H19N3O3/c1-13-4-2-6-15(10-13)19(9-8-17(18)21)12-14-5-3-7-16(11-14)20(22)23/h2-7,10-11H,8-9,12H2,1H3,(H2,18,21). The number of aryl methyl sites for hydroxylation is 1. The summed E-state index contributed by atoms with van der Waals surface area (Å²) >= 11 is 0. The van der Waals surface area contributed by atoms with Gasteiger partial charge in [-0.05, 0) is 30.2 Å². The molecule has 0 aliphatic rings. The van der Waals surface area contributed by atoms with Gasteiger partial charge in [-0.2, -0.15) is 0 Å². The highest BCUT2D eigenvalue weighted by Gasteiger charge is 2.12. The first-order valence-corrected chi connectivity index (χ1v) is 7.29. The first-order valence-electron chi connectivity index (χ1n) is 7.29. The zero-order valence-electron chi connectivity index (χ0n) is 12.9. The minimum absolute atomic E-state index is 0.0570. The Bertz CT molecular complexity index is 716. The Morgan fingerprint density at radius 1 is 1.22 bits per heavy atom. The molecule has 0 unspecified atom stereocenters. The van der Waals surface area contributed by atoms with Gasteiger partial charge in [0.15, 0.2) is 0 Å². The Morgan fingerprint density at radius 2 is 1.96 bits per heavy atom. The van der Waals surface area contributed by atoms with Crippen molar-refractivity contribution in [1.29, 1.82) is 0 Å². The van der Waals surface area contributed by atoms with Crippen molar-refractivity contribution < 1.29 is 9.72 Å². The average Bonchev–Trinajstić information content (AvgIpc) is 2.51. The van der Waals surface area contributed by atoms with E-state index in [1.807, 2.05) is 42.2 Å². The molecule has 2 rings (SSSR count). The minimum atomic E-state index is -0.413. The van der Waals surface area contributed by atoms with Gasteiger partial charge in [-0.1, -0.05) is 24.3 Å². The van der Waals surface area contributed by atoms with Gasteiger partial charge in [-0.25, -0.2) is 0 Å². The zero-order valence-corrected chi connectivity index (χ0v) is 12.9. The molecule has 1 amide bonds. The molecule has 0 atom stereocenters. The molecule has 6 nitrogen and oxygen atoms in total. The van der Waals surface area contributed by atoms with Gasteiger partial charge in [-0.15, -0.1) is 0 Å². The van der Waals surface area contributed by atoms with Crippen LogP contribution in [0, 0.1) is 17.0 Å². The van der Waals surface area contributed by atoms with Crippen LogP contribution in [0.4, 0.5) is 11.4 Å². The number of rotatable bonds is 7. The van der Waals surface area contributed by atoms with Gasteiger partial charge in [-0.3, -0.25) is 14.9 Å². The van der Waals surface area contributed by atoms with Crippen molar-refractivity contribution in [2.45, 2.75) is 19.9 Å². The number of benzene rings is 2. The molecule has 0 aromatic heterocycles. The van der Waals surface area contributed by atoms with Gasteiger partial charge in [0.1, 0.15) is 0 Å². The first-order chi connectivity index (χ1) is 11.0. The molecular formula is C17H19N3O3. The molecule has 2 aromatic carbocycles. The van der Waals surface area contributed by atoms with Crippen molar-refractivity contribution in [3.05, 3.63) is 69.8 Å². The fourth-order valence-electron chi connectivity index (χ4n) is 2.36. The van der Waals surface area contributed by atoms with Gasteiger partial charge >= 0.3 is 0 Å². The molecule has 0 saturated heterocycles. The molecule has 120 valence electrons. The molecule has 2 N–H and O–H groups in total. The Morgan fingerprint density at radius 3 is 2.61 bits per heavy atom. The maximum Gasteiger partial charge on any atom is 0.269 e. The van der Waals surface area contributed by atoms with Crippen LogP contribution in [-0.2, 0) is 11.3 Å². The largest absolute Gasteiger partial charge is 0.370 e. The number of nitrogens with zero attached hydrogens (tertiary/aromatic N) is 2. The Labute approximate surface area is 134 Å². The lowest BCUT2D eigenvalue weighted by molar-refractivity contribution is -0.384. The number of non-ortho nitro benzene ring substituents is 1. The molecular weight excluding hydrogens is 294 g/mol. The number of nitro benzene ring substituents is 1. The molecule has 0 radical (unpaired) electrons. The van der Waals surface area contributed by atoms with E-state index in [1.165, 1.54) is 6.07 Å². The molecule has 0 saturated carbocycles. The highest BCUT2D eigenvalue weighted by atomic mass is 16.6. The predicted octanol–water partition coefficient (Wildman–Crippen LogP) is 2.79. The fourth-order valence-corrected chi connectivity index (χ4v) is 2.36. The van der Waals surface area contributed by atoms with Gasteiger partial charge in [0.25, 0.3) is 5.69 Å². The van der Waals surface area contributed by atoms with Crippen molar-refractivity contribution in [1.82, 2.24) is 0 Å². The van der Waals surface area contributed by atoms with E-state index in [0.29, 0.717) is 13.1 Å². The SMILES string of the molecule is Cc1cccc(N(CCC(N)=O)Cc2cccc([N+](=O)[O-])c2)c1. The molecule has 0 fully saturated rings. The lowest BCUT2D eigenvalue weighted by Gasteiger charge is -2.25. The second kappa shape index (κ2) is 7.40. The van der Waals surface area contributed by atoms with E-state index in [9.17, 15) is 14.9 Å². The Kier molecular flexibility index (Phi) is 5.30. The number of amides is 1. The fraction of sp³-hybridized carbons (Fsp3) is 0.235. The van der Waals surface area contributed by atoms with Crippen LogP contribution >= 0.6 is 0 Å². The number of nitro groups is 1. The van der Waals surface area contributed by atoms with Gasteiger partial charge in [0, 0.05) is 37.3 Å². The normalized spacial score (nSPS) is 10.3. The Balaban J connectivity index is 2.25. The first kappa shape index (κ1) is 16.5. The number of hydrogen-bond donors (Lipinski definition) is 1. The Hall–Kier alpha value is -2.89. The van der Waals surface area contributed by atoms with Crippen LogP contribution in [0.3, 0.4) is 0 Å². The van der Waals surface area contributed by atoms with Crippen molar-refractivity contribution in [3.8, 4) is 0 Å². The quantitative estimate of drug-likeness (QED) is 0.628. The van der Waals surface area contributed by atoms with Crippen LogP contribution in [0.15, 0.2) is 48.5 Å². The van der Waals surface area contributed by atoms with E-state index in [2.05, 4.69) is 0 Å². The van der Waals surface area contributed by atoms with Gasteiger partial charge in [0.05, 0.1) is 4.92 Å². The maximum absolute atomic E-state index is 11.1. The number of carbonyl (C=O) groups is 1. The third-order valence-electron chi connectivity index (χ3n) is 3.49. The molecule has 0 bridgehead atoms. The molecule has 6 heteroatoms. The van der Waals surface area contributed by atoms with E-state index in [4.69, 9.17) is 5.73 Å². The second-order valence-corrected chi connectivity index (χ2v) is 5.40. The van der Waals surface area contributed by atoms with Gasteiger partial charge in [0.2, 0.25) is 5.91 Å². The van der Waals surface area contributed by atoms with E-state index >= 15 is 0 Å². The predicted molar refractivity (Wildman–Crippen MR) is 89.1 cm³/mol. The molecule has 0 aliphatic carbocycles. The smallest absolute Gasteiger partial charge is 0.269 e. The van der Waals surface area contributed by atoms with Gasteiger partial charge < -0.3 is 10.6 Å². The molecule has 2 aromatic rings. The van der Waals surface area contributed by atoms with E-state index in [-0.39, 0.29) is 18.0 Å². The van der Waals surface area contributed by atoms with Crippen LogP contribution in [0.25, 0.3) is 0 Å². The second-order valence-electron chi connectivity index (χ2n) is 5.40. The molecule has 0 aliphatic heterocycles. The van der Waals surface area contributed by atoms with Crippen molar-refractivity contribution in [2.24, 2.45) is 5.73 Å². The van der Waals surface area contributed by atoms with Crippen molar-refractivity contribution >= 4 is 17.3 Å². The van der Waals surface area contributed by atoms with Crippen LogP contribution < -0.4 is 10.6 Å². The number of nitrogens with two attached hydrogens (primary N) is 1. The summed E-state index contributed by atoms with van der Waals surface area (Å²) in [6, 6.07) is 14.4. The lowest BCUT2D eigenvalue weighted by Crippen LogP contribution is -2.27. The summed E-state index contributed by atoms with van der Waals surface area (Å²) in [6.07, 6.45) is 0.225. The third-order valence-corrected chi connectivity index (χ3v) is 3.49. The van der Waals surface area contributed by atoms with Crippen LogP contribution in [0.1, 0.15) is 17.5 Å². The summed E-state index contributed by atoms with van der Waals surface area (Å²) in [4.78, 5) is 23.6. The summed E-state index contributed by atoms with van der Waals surface area (Å²) in [5.41, 5.74) is 8.18. The zero-order chi connectivity index (χ0) is 16.8. The molecule has 23 heavy (non-hydrogen) atoms. The summed E-state index contributed by atoms with van der Waals surface area (Å²) in [5, 5.41) is 10.9. The minimum Gasteiger partial charge on any atom is -0.370 e. The maximum atomic E-state index is 11.1. The number of anilines is 1. The number of hydrogen-bond acceptors (Lipinski definition) is 4. The third kappa shape index (κ3) is 4.81. The average molecular weight is 313 g/mol. The highest BCUT2D eigenvalue weighted by molar-refractivity contribution is 5.74. The van der Waals surface area contributed by atoms with Crippen LogP contribution in [0.2, 0.25) is 0 Å². The van der Waals surface area contributed by atoms with Crippen LogP contribution in [-0.4, -0.2) is 17.4 Å². The summed E-state index contributed by atoms with van der Waals surface area (Å²) in [6.45, 7) is 2.92. The van der Waals surface area contributed by atoms with Crippen molar-refractivity contribution in [3.63, 3.8) is 0 Å². The lowest BCUT2D eigenvalue weighted by atomic mass is 10.1. The summed E-state index contributed by atoms with van der Waals surface area (Å²) in [5.74, 6) is -0.373. The van der Waals surface area contributed by atoms with Crippen LogP contribution in [0.5, 0.6) is 0 Å². The number of carbonyl (C=O) groups excluding carboxylic acids is 1. The van der Waals surface area contributed by atoms with E-state index in [0.717, 1.165) is 16.8 Å².